The molecule has 19 heavy (non-hydrogen) atoms. The first-order chi connectivity index (χ1) is 9.38. The standard InChI is InChI=1S/C17H26N2/c1-2-19(17-8-5-11-18-13-17)16-10-9-14-6-3-4-7-15(14)12-16/h3-4,6-7,16-18H,2,5,8-13H2,1H3. The molecule has 1 saturated heterocycles. The third-order valence-electron chi connectivity index (χ3n) is 4.89. The second-order valence-corrected chi connectivity index (χ2v) is 6.00. The van der Waals surface area contributed by atoms with Crippen molar-refractivity contribution < 1.29 is 0 Å². The summed E-state index contributed by atoms with van der Waals surface area (Å²) < 4.78 is 0. The van der Waals surface area contributed by atoms with Gasteiger partial charge in [0.2, 0.25) is 0 Å². The van der Waals surface area contributed by atoms with Crippen molar-refractivity contribution in [2.45, 2.75) is 51.1 Å². The van der Waals surface area contributed by atoms with E-state index in [4.69, 9.17) is 0 Å². The number of nitrogens with zero attached hydrogens (tertiary/aromatic N) is 1. The normalized spacial score (nSPS) is 27.3. The number of nitrogens with one attached hydrogen (secondary N) is 1. The van der Waals surface area contributed by atoms with Gasteiger partial charge in [-0.3, -0.25) is 4.90 Å². The van der Waals surface area contributed by atoms with E-state index in [-0.39, 0.29) is 0 Å². The summed E-state index contributed by atoms with van der Waals surface area (Å²) >= 11 is 0. The van der Waals surface area contributed by atoms with Crippen molar-refractivity contribution in [2.75, 3.05) is 19.6 Å². The maximum absolute atomic E-state index is 3.57. The molecule has 1 aromatic carbocycles. The van der Waals surface area contributed by atoms with E-state index in [1.54, 1.807) is 11.1 Å². The zero-order valence-corrected chi connectivity index (χ0v) is 12.1. The number of piperidine rings is 1. The minimum Gasteiger partial charge on any atom is -0.315 e. The van der Waals surface area contributed by atoms with Crippen molar-refractivity contribution in [3.05, 3.63) is 35.4 Å². The molecule has 1 aromatic rings. The lowest BCUT2D eigenvalue weighted by atomic mass is 9.86. The van der Waals surface area contributed by atoms with Crippen LogP contribution in [0.15, 0.2) is 24.3 Å². The van der Waals surface area contributed by atoms with Gasteiger partial charge in [-0.2, -0.15) is 0 Å². The topological polar surface area (TPSA) is 15.3 Å². The van der Waals surface area contributed by atoms with Crippen LogP contribution in [0.4, 0.5) is 0 Å². The van der Waals surface area contributed by atoms with E-state index in [2.05, 4.69) is 41.4 Å². The molecule has 0 saturated carbocycles. The lowest BCUT2D eigenvalue weighted by molar-refractivity contribution is 0.109. The Morgan fingerprint density at radius 2 is 2.00 bits per heavy atom. The zero-order valence-electron chi connectivity index (χ0n) is 12.1. The Bertz CT molecular complexity index is 409. The second-order valence-electron chi connectivity index (χ2n) is 6.00. The number of hydrogen-bond acceptors (Lipinski definition) is 2. The summed E-state index contributed by atoms with van der Waals surface area (Å²) in [6.45, 7) is 5.92. The molecule has 0 aromatic heterocycles. The number of benzene rings is 1. The number of rotatable bonds is 3. The Morgan fingerprint density at radius 3 is 2.74 bits per heavy atom. The molecule has 2 unspecified atom stereocenters. The van der Waals surface area contributed by atoms with Gasteiger partial charge >= 0.3 is 0 Å². The Labute approximate surface area is 117 Å². The summed E-state index contributed by atoms with van der Waals surface area (Å²) in [6, 6.07) is 10.5. The Morgan fingerprint density at radius 1 is 1.16 bits per heavy atom. The van der Waals surface area contributed by atoms with Crippen molar-refractivity contribution in [3.8, 4) is 0 Å². The summed E-state index contributed by atoms with van der Waals surface area (Å²) in [6.07, 6.45) is 6.56. The first kappa shape index (κ1) is 13.1. The molecule has 1 aliphatic heterocycles. The van der Waals surface area contributed by atoms with E-state index in [1.165, 1.54) is 51.7 Å². The van der Waals surface area contributed by atoms with Crippen LogP contribution in [-0.4, -0.2) is 36.6 Å². The van der Waals surface area contributed by atoms with E-state index in [9.17, 15) is 0 Å². The number of fused-ring (bicyclic) bond motifs is 1. The van der Waals surface area contributed by atoms with Gasteiger partial charge in [0.25, 0.3) is 0 Å². The fraction of sp³-hybridized carbons (Fsp3) is 0.647. The van der Waals surface area contributed by atoms with E-state index in [0.717, 1.165) is 12.1 Å². The SMILES string of the molecule is CCN(C1CCCNC1)C1CCc2ccccc2C1. The summed E-state index contributed by atoms with van der Waals surface area (Å²) in [5, 5.41) is 3.57. The van der Waals surface area contributed by atoms with Gasteiger partial charge in [0, 0.05) is 18.6 Å². The third kappa shape index (κ3) is 2.85. The van der Waals surface area contributed by atoms with E-state index in [1.807, 2.05) is 0 Å². The maximum atomic E-state index is 3.57. The molecule has 0 spiro atoms. The molecular formula is C17H26N2. The molecule has 2 atom stereocenters. The van der Waals surface area contributed by atoms with Crippen LogP contribution in [0.1, 0.15) is 37.3 Å². The van der Waals surface area contributed by atoms with Crippen LogP contribution < -0.4 is 5.32 Å². The summed E-state index contributed by atoms with van der Waals surface area (Å²) in [7, 11) is 0. The first-order valence-electron chi connectivity index (χ1n) is 7.91. The molecule has 1 aliphatic carbocycles. The van der Waals surface area contributed by atoms with Gasteiger partial charge in [-0.25, -0.2) is 0 Å². The quantitative estimate of drug-likeness (QED) is 0.896. The Hall–Kier alpha value is -0.860. The van der Waals surface area contributed by atoms with Crippen LogP contribution in [0.2, 0.25) is 0 Å². The largest absolute Gasteiger partial charge is 0.315 e. The Kier molecular flexibility index (Phi) is 4.19. The molecule has 0 amide bonds. The van der Waals surface area contributed by atoms with Gasteiger partial charge in [-0.15, -0.1) is 0 Å². The molecular weight excluding hydrogens is 232 g/mol. The van der Waals surface area contributed by atoms with E-state index < -0.39 is 0 Å². The van der Waals surface area contributed by atoms with Gasteiger partial charge in [0.1, 0.15) is 0 Å². The summed E-state index contributed by atoms with van der Waals surface area (Å²) in [5.74, 6) is 0. The van der Waals surface area contributed by atoms with Crippen LogP contribution in [0.25, 0.3) is 0 Å². The van der Waals surface area contributed by atoms with Crippen molar-refractivity contribution in [2.24, 2.45) is 0 Å². The molecule has 2 heteroatoms. The van der Waals surface area contributed by atoms with Crippen molar-refractivity contribution >= 4 is 0 Å². The van der Waals surface area contributed by atoms with E-state index in [0.29, 0.717) is 0 Å². The number of likely N-dealkylation sites (N-methyl/N-ethyl adjacent to an activating group) is 1. The Balaban J connectivity index is 1.71. The minimum atomic E-state index is 0.754. The molecule has 0 radical (unpaired) electrons. The van der Waals surface area contributed by atoms with Gasteiger partial charge < -0.3 is 5.32 Å². The number of hydrogen-bond donors (Lipinski definition) is 1. The highest BCUT2D eigenvalue weighted by molar-refractivity contribution is 5.30. The van der Waals surface area contributed by atoms with Crippen LogP contribution >= 0.6 is 0 Å². The predicted molar refractivity (Wildman–Crippen MR) is 80.5 cm³/mol. The zero-order chi connectivity index (χ0) is 13.1. The molecule has 104 valence electrons. The van der Waals surface area contributed by atoms with Crippen LogP contribution in [0.3, 0.4) is 0 Å². The maximum Gasteiger partial charge on any atom is 0.0224 e. The van der Waals surface area contributed by atoms with Gasteiger partial charge in [-0.1, -0.05) is 31.2 Å². The third-order valence-corrected chi connectivity index (χ3v) is 4.89. The lowest BCUT2D eigenvalue weighted by Crippen LogP contribution is -2.51. The fourth-order valence-corrected chi connectivity index (χ4v) is 3.89. The predicted octanol–water partition coefficient (Wildman–Crippen LogP) is 2.62. The lowest BCUT2D eigenvalue weighted by Gasteiger charge is -2.41. The molecule has 3 rings (SSSR count). The molecule has 1 fully saturated rings. The highest BCUT2D eigenvalue weighted by Crippen LogP contribution is 2.26. The summed E-state index contributed by atoms with van der Waals surface area (Å²) in [4.78, 5) is 2.77. The summed E-state index contributed by atoms with van der Waals surface area (Å²) in [5.41, 5.74) is 3.16. The van der Waals surface area contributed by atoms with Gasteiger partial charge in [0.15, 0.2) is 0 Å². The van der Waals surface area contributed by atoms with Crippen molar-refractivity contribution in [3.63, 3.8) is 0 Å². The average molecular weight is 258 g/mol. The van der Waals surface area contributed by atoms with Crippen LogP contribution in [0, 0.1) is 0 Å². The average Bonchev–Trinajstić information content (AvgIpc) is 2.49. The number of aryl methyl sites for hydroxylation is 1. The monoisotopic (exact) mass is 258 g/mol. The highest BCUT2D eigenvalue weighted by Gasteiger charge is 2.28. The van der Waals surface area contributed by atoms with Crippen LogP contribution in [-0.2, 0) is 12.8 Å². The smallest absolute Gasteiger partial charge is 0.0224 e. The molecule has 1 N–H and O–H groups in total. The van der Waals surface area contributed by atoms with Gasteiger partial charge in [0.05, 0.1) is 0 Å². The van der Waals surface area contributed by atoms with Crippen molar-refractivity contribution in [1.29, 1.82) is 0 Å². The molecule has 1 heterocycles. The molecule has 0 bridgehead atoms. The van der Waals surface area contributed by atoms with Gasteiger partial charge in [-0.05, 0) is 56.3 Å². The first-order valence-corrected chi connectivity index (χ1v) is 7.91. The van der Waals surface area contributed by atoms with Crippen molar-refractivity contribution in [1.82, 2.24) is 10.2 Å². The van der Waals surface area contributed by atoms with E-state index >= 15 is 0 Å². The molecule has 2 aliphatic rings. The second kappa shape index (κ2) is 6.06. The minimum absolute atomic E-state index is 0.754. The fourth-order valence-electron chi connectivity index (χ4n) is 3.89. The van der Waals surface area contributed by atoms with Crippen LogP contribution in [0.5, 0.6) is 0 Å². The molecule has 2 nitrogen and oxygen atoms in total. The highest BCUT2D eigenvalue weighted by atomic mass is 15.2.